The maximum Gasteiger partial charge on any atom is 0.319 e. The van der Waals surface area contributed by atoms with Crippen LogP contribution < -0.4 is 16.4 Å². The summed E-state index contributed by atoms with van der Waals surface area (Å²) in [5, 5.41) is 13.1. The Labute approximate surface area is 154 Å². The SMILES string of the molecule is CC(C)NC(=O)Nc1cc(C(=N)/C=C/c2ccc(F)cc2)c(N)cc1F.[HH].[HH].[HH]. The minimum absolute atomic E-state index is 0. The Morgan fingerprint density at radius 1 is 1.23 bits per heavy atom. The van der Waals surface area contributed by atoms with Gasteiger partial charge in [0.05, 0.1) is 11.4 Å². The van der Waals surface area contributed by atoms with E-state index in [-0.39, 0.29) is 38.8 Å². The predicted octanol–water partition coefficient (Wildman–Crippen LogP) is 4.90. The molecule has 0 unspecified atom stereocenters. The summed E-state index contributed by atoms with van der Waals surface area (Å²) in [6, 6.07) is 7.46. The number of carbonyl (C=O) groups is 1. The lowest BCUT2D eigenvalue weighted by atomic mass is 10.0. The van der Waals surface area contributed by atoms with Gasteiger partial charge in [-0.25, -0.2) is 13.6 Å². The lowest BCUT2D eigenvalue weighted by Gasteiger charge is -2.13. The van der Waals surface area contributed by atoms with Crippen molar-refractivity contribution in [2.75, 3.05) is 11.1 Å². The Kier molecular flexibility index (Phi) is 6.06. The fourth-order valence-corrected chi connectivity index (χ4v) is 2.18. The molecule has 0 spiro atoms. The van der Waals surface area contributed by atoms with E-state index in [2.05, 4.69) is 10.6 Å². The van der Waals surface area contributed by atoms with Crippen molar-refractivity contribution < 1.29 is 17.9 Å². The minimum Gasteiger partial charge on any atom is -0.398 e. The van der Waals surface area contributed by atoms with Gasteiger partial charge in [0, 0.05) is 21.6 Å². The van der Waals surface area contributed by atoms with E-state index in [1.807, 2.05) is 0 Å². The molecule has 26 heavy (non-hydrogen) atoms. The van der Waals surface area contributed by atoms with Crippen molar-refractivity contribution in [1.82, 2.24) is 5.32 Å². The van der Waals surface area contributed by atoms with Crippen LogP contribution in [0.2, 0.25) is 0 Å². The van der Waals surface area contributed by atoms with E-state index in [1.54, 1.807) is 32.1 Å². The number of anilines is 2. The number of nitrogen functional groups attached to an aromatic ring is 1. The van der Waals surface area contributed by atoms with Gasteiger partial charge in [-0.2, -0.15) is 0 Å². The van der Waals surface area contributed by atoms with Crippen molar-refractivity contribution in [3.8, 4) is 0 Å². The van der Waals surface area contributed by atoms with Crippen LogP contribution in [0.3, 0.4) is 0 Å². The molecule has 0 radical (unpaired) electrons. The van der Waals surface area contributed by atoms with Crippen molar-refractivity contribution in [3.63, 3.8) is 0 Å². The van der Waals surface area contributed by atoms with Gasteiger partial charge in [0.15, 0.2) is 0 Å². The van der Waals surface area contributed by atoms with Crippen molar-refractivity contribution in [2.24, 2.45) is 0 Å². The van der Waals surface area contributed by atoms with Gasteiger partial charge >= 0.3 is 6.03 Å². The van der Waals surface area contributed by atoms with Crippen LogP contribution >= 0.6 is 0 Å². The Balaban J connectivity index is 0. The molecule has 5 nitrogen and oxygen atoms in total. The molecule has 0 saturated carbocycles. The third-order valence-electron chi connectivity index (χ3n) is 3.41. The lowest BCUT2D eigenvalue weighted by Crippen LogP contribution is -2.34. The molecule has 0 heterocycles. The van der Waals surface area contributed by atoms with Crippen LogP contribution in [-0.2, 0) is 0 Å². The number of hydrogen-bond acceptors (Lipinski definition) is 3. The molecule has 0 aliphatic heterocycles. The third kappa shape index (κ3) is 5.14. The van der Waals surface area contributed by atoms with E-state index in [4.69, 9.17) is 11.1 Å². The summed E-state index contributed by atoms with van der Waals surface area (Å²) in [7, 11) is 0. The number of allylic oxidation sites excluding steroid dienone is 1. The summed E-state index contributed by atoms with van der Waals surface area (Å²) in [6.07, 6.45) is 3.08. The fraction of sp³-hybridized carbons (Fsp3) is 0.158. The summed E-state index contributed by atoms with van der Waals surface area (Å²) in [4.78, 5) is 11.8. The Morgan fingerprint density at radius 3 is 2.50 bits per heavy atom. The minimum atomic E-state index is -0.694. The second kappa shape index (κ2) is 8.24. The van der Waals surface area contributed by atoms with Gasteiger partial charge in [0.25, 0.3) is 0 Å². The van der Waals surface area contributed by atoms with Crippen LogP contribution in [-0.4, -0.2) is 17.8 Å². The average molecular weight is 364 g/mol. The van der Waals surface area contributed by atoms with E-state index in [0.29, 0.717) is 5.56 Å². The summed E-state index contributed by atoms with van der Waals surface area (Å²) >= 11 is 0. The summed E-state index contributed by atoms with van der Waals surface area (Å²) in [5.74, 6) is -1.05. The number of carbonyl (C=O) groups excluding carboxylic acids is 1. The first-order valence-corrected chi connectivity index (χ1v) is 7.95. The number of hydrogen-bond donors (Lipinski definition) is 4. The number of nitrogens with one attached hydrogen (secondary N) is 3. The average Bonchev–Trinajstić information content (AvgIpc) is 2.55. The molecule has 0 bridgehead atoms. The van der Waals surface area contributed by atoms with Crippen LogP contribution in [0.5, 0.6) is 0 Å². The molecule has 142 valence electrons. The van der Waals surface area contributed by atoms with Gasteiger partial charge in [-0.3, -0.25) is 0 Å². The first kappa shape index (κ1) is 19.1. The zero-order chi connectivity index (χ0) is 19.3. The zero-order valence-electron chi connectivity index (χ0n) is 14.4. The molecule has 2 aromatic carbocycles. The standard InChI is InChI=1S/C19H20F2N4O.3H2/c1-11(2)24-19(26)25-18-9-14(17(23)10-15(18)21)16(22)8-5-12-3-6-13(20)7-4-12;;;/h3-11,22H,23H2,1-2H3,(H2,24,25,26);3*1H/b8-5+,22-16?;;;. The molecular weight excluding hydrogens is 338 g/mol. The van der Waals surface area contributed by atoms with Crippen LogP contribution in [0, 0.1) is 17.0 Å². The van der Waals surface area contributed by atoms with Crippen molar-refractivity contribution in [2.45, 2.75) is 19.9 Å². The summed E-state index contributed by atoms with van der Waals surface area (Å²) in [5.41, 5.74) is 6.79. The van der Waals surface area contributed by atoms with Crippen molar-refractivity contribution >= 4 is 29.2 Å². The van der Waals surface area contributed by atoms with Crippen LogP contribution in [0.15, 0.2) is 42.5 Å². The number of rotatable bonds is 5. The molecule has 2 aromatic rings. The summed E-state index contributed by atoms with van der Waals surface area (Å²) < 4.78 is 26.9. The van der Waals surface area contributed by atoms with E-state index in [0.717, 1.165) is 6.07 Å². The molecule has 2 amide bonds. The number of urea groups is 1. The Bertz CT molecular complexity index is 859. The lowest BCUT2D eigenvalue weighted by molar-refractivity contribution is 0.250. The van der Waals surface area contributed by atoms with E-state index in [9.17, 15) is 13.6 Å². The fourth-order valence-electron chi connectivity index (χ4n) is 2.18. The molecule has 0 aliphatic rings. The molecule has 0 aromatic heterocycles. The van der Waals surface area contributed by atoms with Gasteiger partial charge in [-0.1, -0.05) is 18.2 Å². The molecule has 0 aliphatic carbocycles. The predicted molar refractivity (Wildman–Crippen MR) is 107 cm³/mol. The largest absolute Gasteiger partial charge is 0.398 e. The number of benzene rings is 2. The van der Waals surface area contributed by atoms with E-state index < -0.39 is 11.8 Å². The van der Waals surface area contributed by atoms with Crippen molar-refractivity contribution in [1.29, 1.82) is 5.41 Å². The maximum absolute atomic E-state index is 14.0. The number of amides is 2. The second-order valence-electron chi connectivity index (χ2n) is 5.97. The summed E-state index contributed by atoms with van der Waals surface area (Å²) in [6.45, 7) is 3.56. The Morgan fingerprint density at radius 2 is 1.88 bits per heavy atom. The van der Waals surface area contributed by atoms with Crippen LogP contribution in [0.25, 0.3) is 6.08 Å². The number of halogens is 2. The number of nitrogens with two attached hydrogens (primary N) is 1. The van der Waals surface area contributed by atoms with E-state index in [1.165, 1.54) is 24.3 Å². The quantitative estimate of drug-likeness (QED) is 0.449. The monoisotopic (exact) mass is 364 g/mol. The topological polar surface area (TPSA) is 91.0 Å². The second-order valence-corrected chi connectivity index (χ2v) is 5.97. The first-order chi connectivity index (χ1) is 12.3. The van der Waals surface area contributed by atoms with Gasteiger partial charge < -0.3 is 21.8 Å². The third-order valence-corrected chi connectivity index (χ3v) is 3.41. The Hall–Kier alpha value is -3.22. The molecule has 0 saturated heterocycles. The maximum atomic E-state index is 14.0. The normalized spacial score (nSPS) is 11.0. The molecule has 2 rings (SSSR count). The molecule has 7 heteroatoms. The zero-order valence-corrected chi connectivity index (χ0v) is 14.4. The van der Waals surface area contributed by atoms with Gasteiger partial charge in [0.1, 0.15) is 11.6 Å². The van der Waals surface area contributed by atoms with Gasteiger partial charge in [-0.15, -0.1) is 0 Å². The van der Waals surface area contributed by atoms with E-state index >= 15 is 0 Å². The molecule has 5 N–H and O–H groups in total. The highest BCUT2D eigenvalue weighted by atomic mass is 19.1. The van der Waals surface area contributed by atoms with Crippen molar-refractivity contribution in [3.05, 3.63) is 65.2 Å². The van der Waals surface area contributed by atoms with Crippen LogP contribution in [0.1, 0.15) is 29.3 Å². The first-order valence-electron chi connectivity index (χ1n) is 7.95. The molecule has 0 fully saturated rings. The van der Waals surface area contributed by atoms with Gasteiger partial charge in [-0.05, 0) is 49.8 Å². The highest BCUT2D eigenvalue weighted by Crippen LogP contribution is 2.23. The molecule has 0 atom stereocenters. The molecular formula is C19H26F2N4O. The van der Waals surface area contributed by atoms with Gasteiger partial charge in [0.2, 0.25) is 0 Å². The highest BCUT2D eigenvalue weighted by molar-refractivity contribution is 6.12. The smallest absolute Gasteiger partial charge is 0.319 e. The highest BCUT2D eigenvalue weighted by Gasteiger charge is 2.13. The van der Waals surface area contributed by atoms with Crippen LogP contribution in [0.4, 0.5) is 25.0 Å².